The maximum atomic E-state index is 12.2. The third-order valence-electron chi connectivity index (χ3n) is 5.43. The zero-order valence-electron chi connectivity index (χ0n) is 19.5. The number of para-hydroxylation sites is 1. The van der Waals surface area contributed by atoms with Crippen molar-refractivity contribution >= 4 is 10.1 Å². The van der Waals surface area contributed by atoms with Gasteiger partial charge in [-0.25, -0.2) is 0 Å². The van der Waals surface area contributed by atoms with Crippen molar-refractivity contribution < 1.29 is 74.2 Å². The number of hydrogen-bond donors (Lipinski definition) is 1. The quantitative estimate of drug-likeness (QED) is 0.236. The fourth-order valence-electron chi connectivity index (χ4n) is 3.67. The molecule has 0 heterocycles. The van der Waals surface area contributed by atoms with Crippen molar-refractivity contribution in [3.8, 4) is 17.2 Å². The van der Waals surface area contributed by atoms with Gasteiger partial charge in [0.2, 0.25) is 0 Å². The molecule has 0 saturated carbocycles. The number of aryl methyl sites for hydroxylation is 1. The second kappa shape index (κ2) is 16.3. The van der Waals surface area contributed by atoms with Crippen LogP contribution in [0, 0.1) is 0 Å². The molecule has 2 aromatic rings. The molecule has 172 valence electrons. The molecule has 1 N–H and O–H groups in total. The Balaban J connectivity index is 0.00000512. The molecule has 0 aliphatic rings. The van der Waals surface area contributed by atoms with Gasteiger partial charge >= 0.3 is 51.4 Å². The molecule has 0 aliphatic carbocycles. The Kier molecular flexibility index (Phi) is 15.0. The van der Waals surface area contributed by atoms with Gasteiger partial charge in [-0.1, -0.05) is 101 Å². The van der Waals surface area contributed by atoms with Gasteiger partial charge in [0.1, 0.15) is 11.5 Å². The van der Waals surface area contributed by atoms with E-state index in [1.54, 1.807) is 12.1 Å². The fourth-order valence-corrected chi connectivity index (χ4v) is 4.24. The molecule has 0 aromatic heterocycles. The summed E-state index contributed by atoms with van der Waals surface area (Å²) >= 11 is 0. The molecule has 0 aliphatic heterocycles. The van der Waals surface area contributed by atoms with Gasteiger partial charge in [0.25, 0.3) is 10.1 Å². The van der Waals surface area contributed by atoms with Gasteiger partial charge in [-0.15, -0.1) is 0 Å². The zero-order chi connectivity index (χ0) is 22.5. The first-order valence-electron chi connectivity index (χ1n) is 11.5. The first-order valence-corrected chi connectivity index (χ1v) is 12.9. The molecule has 0 spiro atoms. The minimum atomic E-state index is -4.60. The largest absolute Gasteiger partial charge is 1.00 e. The maximum Gasteiger partial charge on any atom is 1.00 e. The van der Waals surface area contributed by atoms with Crippen molar-refractivity contribution in [2.24, 2.45) is 0 Å². The predicted octanol–water partition coefficient (Wildman–Crippen LogP) is 3.66. The van der Waals surface area contributed by atoms with E-state index in [0.717, 1.165) is 25.3 Å². The van der Waals surface area contributed by atoms with Gasteiger partial charge in [0, 0.05) is 6.07 Å². The van der Waals surface area contributed by atoms with E-state index < -0.39 is 20.8 Å². The average molecular weight is 487 g/mol. The van der Waals surface area contributed by atoms with Crippen LogP contribution in [0.25, 0.3) is 0 Å². The molecule has 5 nitrogen and oxygen atoms in total. The number of ether oxygens (including phenoxy) is 1. The van der Waals surface area contributed by atoms with E-state index in [4.69, 9.17) is 4.74 Å². The standard InChI is InChI=1S/C25H36O5S.K/c1-2-3-4-5-6-7-8-9-10-11-13-16-21-19-23(26)25(31(27,28)29)20-24(21)30-22-17-14-12-15-18-22;/h12,14-15,17-20,26H,2-11,13,16H2,1H3,(H,27,28,29);/q;+1/p-1. The Labute approximate surface area is 236 Å². The Morgan fingerprint density at radius 1 is 0.844 bits per heavy atom. The normalized spacial score (nSPS) is 11.2. The summed E-state index contributed by atoms with van der Waals surface area (Å²) in [5, 5.41) is 12.2. The van der Waals surface area contributed by atoms with Crippen molar-refractivity contribution in [1.29, 1.82) is 0 Å². The van der Waals surface area contributed by atoms with E-state index in [1.807, 2.05) is 18.2 Å². The summed E-state index contributed by atoms with van der Waals surface area (Å²) in [6.45, 7) is 2.23. The van der Waals surface area contributed by atoms with Crippen LogP contribution in [0.4, 0.5) is 0 Å². The van der Waals surface area contributed by atoms with Gasteiger partial charge < -0.3 is 9.84 Å². The van der Waals surface area contributed by atoms with Crippen LogP contribution in [-0.2, 0) is 16.5 Å². The third-order valence-corrected chi connectivity index (χ3v) is 6.30. The molecular formula is C25H35KO5S. The van der Waals surface area contributed by atoms with E-state index in [1.165, 1.54) is 57.4 Å². The number of unbranched alkanes of at least 4 members (excludes halogenated alkanes) is 10. The molecule has 0 unspecified atom stereocenters. The minimum Gasteiger partial charge on any atom is -0.872 e. The van der Waals surface area contributed by atoms with E-state index in [9.17, 15) is 18.1 Å². The topological polar surface area (TPSA) is 86.7 Å². The summed E-state index contributed by atoms with van der Waals surface area (Å²) in [7, 11) is -4.60. The summed E-state index contributed by atoms with van der Waals surface area (Å²) in [6, 6.07) is 11.4. The van der Waals surface area contributed by atoms with Crippen molar-refractivity contribution in [1.82, 2.24) is 0 Å². The monoisotopic (exact) mass is 486 g/mol. The Morgan fingerprint density at radius 3 is 1.91 bits per heavy atom. The summed E-state index contributed by atoms with van der Waals surface area (Å²) in [5.41, 5.74) is 0.664. The fraction of sp³-hybridized carbons (Fsp3) is 0.520. The molecule has 0 atom stereocenters. The first kappa shape index (κ1) is 29.6. The van der Waals surface area contributed by atoms with E-state index >= 15 is 0 Å². The molecule has 7 heteroatoms. The Bertz CT molecular complexity index is 885. The van der Waals surface area contributed by atoms with E-state index in [-0.39, 0.29) is 51.4 Å². The maximum absolute atomic E-state index is 12.2. The van der Waals surface area contributed by atoms with Crippen LogP contribution in [0.3, 0.4) is 0 Å². The average Bonchev–Trinajstić information content (AvgIpc) is 2.73. The van der Waals surface area contributed by atoms with Crippen LogP contribution in [-0.4, -0.2) is 13.0 Å². The molecule has 2 rings (SSSR count). The zero-order valence-corrected chi connectivity index (χ0v) is 23.5. The summed E-state index contributed by atoms with van der Waals surface area (Å²) in [5.74, 6) is 0.133. The van der Waals surface area contributed by atoms with Gasteiger partial charge in [-0.05, 0) is 30.5 Å². The van der Waals surface area contributed by atoms with Crippen LogP contribution < -0.4 is 61.2 Å². The first-order chi connectivity index (χ1) is 14.9. The van der Waals surface area contributed by atoms with E-state index in [2.05, 4.69) is 6.92 Å². The molecule has 0 saturated heterocycles. The summed E-state index contributed by atoms with van der Waals surface area (Å²) in [6.07, 6.45) is 14.1. The number of benzene rings is 2. The van der Waals surface area contributed by atoms with Crippen molar-refractivity contribution in [3.63, 3.8) is 0 Å². The predicted molar refractivity (Wildman–Crippen MR) is 122 cm³/mol. The Hall–Kier alpha value is -0.414. The molecule has 0 amide bonds. The second-order valence-corrected chi connectivity index (χ2v) is 9.47. The van der Waals surface area contributed by atoms with Crippen LogP contribution in [0.1, 0.15) is 83.1 Å². The summed E-state index contributed by atoms with van der Waals surface area (Å²) < 4.78 is 38.2. The second-order valence-electron chi connectivity index (χ2n) is 8.08. The summed E-state index contributed by atoms with van der Waals surface area (Å²) in [4.78, 5) is -0.652. The molecular weight excluding hydrogens is 451 g/mol. The molecule has 32 heavy (non-hydrogen) atoms. The SMILES string of the molecule is CCCCCCCCCCCCCc1cc([O-])c(S(=O)(=O)O)cc1Oc1ccccc1.[K+]. The molecule has 0 fully saturated rings. The Morgan fingerprint density at radius 2 is 1.38 bits per heavy atom. The smallest absolute Gasteiger partial charge is 0.872 e. The van der Waals surface area contributed by atoms with E-state index in [0.29, 0.717) is 23.5 Å². The number of hydrogen-bond acceptors (Lipinski definition) is 4. The van der Waals surface area contributed by atoms with Crippen molar-refractivity contribution in [3.05, 3.63) is 48.0 Å². The van der Waals surface area contributed by atoms with Crippen LogP contribution in [0.2, 0.25) is 0 Å². The van der Waals surface area contributed by atoms with Crippen LogP contribution >= 0.6 is 0 Å². The van der Waals surface area contributed by atoms with Crippen molar-refractivity contribution in [2.75, 3.05) is 0 Å². The molecule has 0 radical (unpaired) electrons. The molecule has 0 bridgehead atoms. The van der Waals surface area contributed by atoms with Crippen LogP contribution in [0.15, 0.2) is 47.4 Å². The number of rotatable bonds is 15. The van der Waals surface area contributed by atoms with Crippen molar-refractivity contribution in [2.45, 2.75) is 88.9 Å². The third kappa shape index (κ3) is 11.1. The van der Waals surface area contributed by atoms with Gasteiger partial charge in [-0.3, -0.25) is 4.55 Å². The van der Waals surface area contributed by atoms with Gasteiger partial charge in [0.05, 0.1) is 4.90 Å². The van der Waals surface area contributed by atoms with Crippen LogP contribution in [0.5, 0.6) is 17.2 Å². The minimum absolute atomic E-state index is 0. The molecule has 2 aromatic carbocycles. The van der Waals surface area contributed by atoms with Gasteiger partial charge in [-0.2, -0.15) is 8.42 Å². The van der Waals surface area contributed by atoms with Gasteiger partial charge in [0.15, 0.2) is 0 Å².